The molecule has 0 unspecified atom stereocenters. The molecule has 1 aromatic rings. The van der Waals surface area contributed by atoms with Crippen molar-refractivity contribution < 1.29 is 17.2 Å². The first-order valence-electron chi connectivity index (χ1n) is 6.40. The Morgan fingerprint density at radius 3 is 2.53 bits per heavy atom. The molecule has 0 heterocycles. The molecular formula is C13H17F2NO2S. The normalized spacial score (nSPS) is 16.0. The average molecular weight is 289 g/mol. The quantitative estimate of drug-likeness (QED) is 0.807. The van der Waals surface area contributed by atoms with Crippen LogP contribution in [0.5, 0.6) is 0 Å². The van der Waals surface area contributed by atoms with Crippen LogP contribution in [0.25, 0.3) is 0 Å². The van der Waals surface area contributed by atoms with E-state index >= 15 is 0 Å². The molecule has 3 nitrogen and oxygen atoms in total. The van der Waals surface area contributed by atoms with E-state index in [0.29, 0.717) is 31.5 Å². The lowest BCUT2D eigenvalue weighted by atomic mass is 10.3. The number of rotatable bonds is 6. The molecule has 19 heavy (non-hydrogen) atoms. The predicted octanol–water partition coefficient (Wildman–Crippen LogP) is 2.78. The molecule has 0 saturated heterocycles. The molecular weight excluding hydrogens is 272 g/mol. The first kappa shape index (κ1) is 14.4. The van der Waals surface area contributed by atoms with Crippen molar-refractivity contribution in [3.05, 3.63) is 29.8 Å². The van der Waals surface area contributed by atoms with Gasteiger partial charge in [0.1, 0.15) is 16.5 Å². The van der Waals surface area contributed by atoms with Crippen LogP contribution in [0.1, 0.15) is 26.2 Å². The fraction of sp³-hybridized carbons (Fsp3) is 0.538. The van der Waals surface area contributed by atoms with Gasteiger partial charge >= 0.3 is 0 Å². The first-order valence-corrected chi connectivity index (χ1v) is 7.84. The van der Waals surface area contributed by atoms with Crippen molar-refractivity contribution in [2.75, 3.05) is 13.1 Å². The largest absolute Gasteiger partial charge is 0.245 e. The van der Waals surface area contributed by atoms with E-state index in [1.165, 1.54) is 4.31 Å². The summed E-state index contributed by atoms with van der Waals surface area (Å²) in [4.78, 5) is -0.442. The Morgan fingerprint density at radius 1 is 1.32 bits per heavy atom. The van der Waals surface area contributed by atoms with Gasteiger partial charge in [0.2, 0.25) is 10.0 Å². The number of benzene rings is 1. The van der Waals surface area contributed by atoms with E-state index in [4.69, 9.17) is 0 Å². The van der Waals surface area contributed by atoms with Crippen LogP contribution in [0, 0.1) is 17.6 Å². The predicted molar refractivity (Wildman–Crippen MR) is 68.1 cm³/mol. The van der Waals surface area contributed by atoms with Crippen molar-refractivity contribution in [2.24, 2.45) is 5.92 Å². The van der Waals surface area contributed by atoms with Crippen molar-refractivity contribution in [3.8, 4) is 0 Å². The molecule has 1 fully saturated rings. The lowest BCUT2D eigenvalue weighted by molar-refractivity contribution is 0.392. The third-order valence-electron chi connectivity index (χ3n) is 3.14. The minimum atomic E-state index is -3.87. The van der Waals surface area contributed by atoms with Gasteiger partial charge in [0, 0.05) is 19.2 Å². The lowest BCUT2D eigenvalue weighted by Crippen LogP contribution is -2.34. The summed E-state index contributed by atoms with van der Waals surface area (Å²) in [6.45, 7) is 2.65. The Balaban J connectivity index is 2.31. The van der Waals surface area contributed by atoms with E-state index in [2.05, 4.69) is 0 Å². The molecule has 0 spiro atoms. The van der Waals surface area contributed by atoms with Gasteiger partial charge in [-0.15, -0.1) is 0 Å². The molecule has 0 amide bonds. The van der Waals surface area contributed by atoms with Gasteiger partial charge in [0.15, 0.2) is 0 Å². The van der Waals surface area contributed by atoms with E-state index in [-0.39, 0.29) is 0 Å². The number of hydrogen-bond donors (Lipinski definition) is 0. The van der Waals surface area contributed by atoms with E-state index < -0.39 is 26.6 Å². The smallest absolute Gasteiger partial charge is 0.207 e. The lowest BCUT2D eigenvalue weighted by Gasteiger charge is -2.21. The van der Waals surface area contributed by atoms with Crippen LogP contribution < -0.4 is 0 Å². The van der Waals surface area contributed by atoms with E-state index in [0.717, 1.165) is 25.0 Å². The fourth-order valence-corrected chi connectivity index (χ4v) is 3.62. The Hall–Kier alpha value is -1.01. The maximum Gasteiger partial charge on any atom is 0.245 e. The maximum absolute atomic E-state index is 13.7. The first-order chi connectivity index (χ1) is 8.95. The summed E-state index contributed by atoms with van der Waals surface area (Å²) < 4.78 is 52.6. The van der Waals surface area contributed by atoms with Gasteiger partial charge in [0.25, 0.3) is 0 Å². The van der Waals surface area contributed by atoms with Gasteiger partial charge in [-0.1, -0.05) is 6.92 Å². The summed E-state index contributed by atoms with van der Waals surface area (Å²) >= 11 is 0. The molecule has 6 heteroatoms. The molecule has 0 bridgehead atoms. The van der Waals surface area contributed by atoms with Gasteiger partial charge in [-0.2, -0.15) is 4.31 Å². The highest BCUT2D eigenvalue weighted by atomic mass is 32.2. The summed E-state index contributed by atoms with van der Waals surface area (Å²) in [5.41, 5.74) is 0. The zero-order chi connectivity index (χ0) is 14.0. The Morgan fingerprint density at radius 2 is 2.00 bits per heavy atom. The van der Waals surface area contributed by atoms with Crippen molar-refractivity contribution in [3.63, 3.8) is 0 Å². The zero-order valence-corrected chi connectivity index (χ0v) is 11.6. The Labute approximate surface area is 112 Å². The highest BCUT2D eigenvalue weighted by Crippen LogP contribution is 2.32. The molecule has 1 aromatic carbocycles. The van der Waals surface area contributed by atoms with Gasteiger partial charge < -0.3 is 0 Å². The number of nitrogens with zero attached hydrogens (tertiary/aromatic N) is 1. The highest BCUT2D eigenvalue weighted by Gasteiger charge is 2.32. The van der Waals surface area contributed by atoms with Crippen molar-refractivity contribution in [1.82, 2.24) is 4.31 Å². The second kappa shape index (κ2) is 5.54. The highest BCUT2D eigenvalue weighted by molar-refractivity contribution is 7.89. The molecule has 0 atom stereocenters. The number of hydrogen-bond acceptors (Lipinski definition) is 2. The Bertz CT molecular complexity index is 556. The Kier molecular flexibility index (Phi) is 4.20. The summed E-state index contributed by atoms with van der Waals surface area (Å²) in [6.07, 6.45) is 2.69. The summed E-state index contributed by atoms with van der Waals surface area (Å²) in [5.74, 6) is -1.43. The number of sulfonamides is 1. The van der Waals surface area contributed by atoms with Gasteiger partial charge in [-0.25, -0.2) is 17.2 Å². The summed E-state index contributed by atoms with van der Waals surface area (Å²) in [6, 6.07) is 2.57. The third kappa shape index (κ3) is 3.30. The molecule has 1 saturated carbocycles. The molecule has 0 N–H and O–H groups in total. The van der Waals surface area contributed by atoms with E-state index in [1.807, 2.05) is 6.92 Å². The van der Waals surface area contributed by atoms with Crippen LogP contribution in [0.15, 0.2) is 23.1 Å². The van der Waals surface area contributed by atoms with E-state index in [1.54, 1.807) is 0 Å². The number of halogens is 2. The molecule has 1 aliphatic carbocycles. The monoisotopic (exact) mass is 289 g/mol. The fourth-order valence-electron chi connectivity index (χ4n) is 1.97. The van der Waals surface area contributed by atoms with Crippen molar-refractivity contribution in [1.29, 1.82) is 0 Å². The van der Waals surface area contributed by atoms with Crippen LogP contribution in [-0.4, -0.2) is 25.8 Å². The van der Waals surface area contributed by atoms with Gasteiger partial charge in [0.05, 0.1) is 0 Å². The molecule has 2 rings (SSSR count). The SMILES string of the molecule is CCCN(CC1CC1)S(=O)(=O)c1ccc(F)cc1F. The minimum Gasteiger partial charge on any atom is -0.207 e. The average Bonchev–Trinajstić information content (AvgIpc) is 3.11. The van der Waals surface area contributed by atoms with Crippen LogP contribution in [-0.2, 0) is 10.0 Å². The molecule has 0 aromatic heterocycles. The van der Waals surface area contributed by atoms with Crippen LogP contribution >= 0.6 is 0 Å². The van der Waals surface area contributed by atoms with Gasteiger partial charge in [-0.05, 0) is 37.3 Å². The molecule has 0 radical (unpaired) electrons. The molecule has 106 valence electrons. The van der Waals surface area contributed by atoms with Crippen molar-refractivity contribution in [2.45, 2.75) is 31.1 Å². The maximum atomic E-state index is 13.7. The molecule has 1 aliphatic rings. The van der Waals surface area contributed by atoms with Crippen molar-refractivity contribution >= 4 is 10.0 Å². The third-order valence-corrected chi connectivity index (χ3v) is 5.04. The zero-order valence-electron chi connectivity index (χ0n) is 10.8. The second-order valence-electron chi connectivity index (χ2n) is 4.88. The summed E-state index contributed by atoms with van der Waals surface area (Å²) in [7, 11) is -3.87. The van der Waals surface area contributed by atoms with E-state index in [9.17, 15) is 17.2 Å². The van der Waals surface area contributed by atoms with Crippen LogP contribution in [0.2, 0.25) is 0 Å². The van der Waals surface area contributed by atoms with Crippen LogP contribution in [0.3, 0.4) is 0 Å². The standard InChI is InChI=1S/C13H17F2NO2S/c1-2-7-16(9-10-3-4-10)19(17,18)13-6-5-11(14)8-12(13)15/h5-6,8,10H,2-4,7,9H2,1H3. The second-order valence-corrected chi connectivity index (χ2v) is 6.79. The summed E-state index contributed by atoms with van der Waals surface area (Å²) in [5, 5.41) is 0. The van der Waals surface area contributed by atoms with Crippen LogP contribution in [0.4, 0.5) is 8.78 Å². The topological polar surface area (TPSA) is 37.4 Å². The van der Waals surface area contributed by atoms with Gasteiger partial charge in [-0.3, -0.25) is 0 Å². The molecule has 0 aliphatic heterocycles. The minimum absolute atomic E-state index is 0.357.